The number of hydrogen-bond donors (Lipinski definition) is 1. The van der Waals surface area contributed by atoms with Crippen LogP contribution in [0, 0.1) is 17.2 Å². The van der Waals surface area contributed by atoms with E-state index in [0.29, 0.717) is 24.5 Å². The minimum absolute atomic E-state index is 0.259. The number of fused-ring (bicyclic) bond motifs is 1. The summed E-state index contributed by atoms with van der Waals surface area (Å²) in [5.41, 5.74) is 3.32. The zero-order chi connectivity index (χ0) is 22.9. The second-order valence-corrected chi connectivity index (χ2v) is 8.75. The van der Waals surface area contributed by atoms with E-state index in [-0.39, 0.29) is 5.97 Å². The number of aliphatic hydroxyl groups excluding tert-OH is 1. The Morgan fingerprint density at radius 2 is 2.09 bits per heavy atom. The number of nitriles is 1. The van der Waals surface area contributed by atoms with Crippen molar-refractivity contribution in [2.75, 3.05) is 32.7 Å². The zero-order valence-corrected chi connectivity index (χ0v) is 19.3. The fraction of sp³-hybridized carbons (Fsp3) is 0.538. The summed E-state index contributed by atoms with van der Waals surface area (Å²) in [6.07, 6.45) is 9.08. The van der Waals surface area contributed by atoms with Crippen molar-refractivity contribution in [2.24, 2.45) is 5.92 Å². The van der Waals surface area contributed by atoms with Crippen LogP contribution in [0.4, 0.5) is 0 Å². The summed E-state index contributed by atoms with van der Waals surface area (Å²) in [5, 5.41) is 20.0. The Bertz CT molecular complexity index is 879. The molecule has 0 saturated carbocycles. The lowest BCUT2D eigenvalue weighted by molar-refractivity contribution is -0.0266. The maximum absolute atomic E-state index is 11.6. The number of piperazine rings is 1. The van der Waals surface area contributed by atoms with E-state index in [1.807, 2.05) is 31.2 Å². The van der Waals surface area contributed by atoms with Crippen molar-refractivity contribution in [1.82, 2.24) is 9.80 Å². The molecular formula is C26H35N3O3. The third kappa shape index (κ3) is 6.52. The highest BCUT2D eigenvalue weighted by atomic mass is 16.5. The van der Waals surface area contributed by atoms with E-state index in [2.05, 4.69) is 28.9 Å². The number of esters is 1. The van der Waals surface area contributed by atoms with Crippen LogP contribution >= 0.6 is 0 Å². The van der Waals surface area contributed by atoms with E-state index in [1.54, 1.807) is 6.07 Å². The molecule has 2 heterocycles. The minimum Gasteiger partial charge on any atom is -0.457 e. The van der Waals surface area contributed by atoms with Gasteiger partial charge in [-0.25, -0.2) is 4.79 Å². The third-order valence-electron chi connectivity index (χ3n) is 6.35. The number of benzene rings is 1. The standard InChI is InChI=1S/C26H35N3O3/c1-3-5-20(17-27)7-8-21(6-4-2)18-28-11-13-29(14-12-28)25(30)16-22-9-10-24-23(15-22)19-32-26(24)31/h3,5,7,9-10,15,21,25,30H,4,6,8,11-14,16,18-19H2,1-2H3/b5-3-,20-7+. The van der Waals surface area contributed by atoms with Crippen molar-refractivity contribution in [3.05, 3.63) is 58.7 Å². The van der Waals surface area contributed by atoms with E-state index in [1.165, 1.54) is 0 Å². The molecule has 2 atom stereocenters. The zero-order valence-electron chi connectivity index (χ0n) is 19.3. The van der Waals surface area contributed by atoms with Crippen molar-refractivity contribution in [3.63, 3.8) is 0 Å². The number of nitrogens with zero attached hydrogens (tertiary/aromatic N) is 3. The van der Waals surface area contributed by atoms with Crippen LogP contribution in [0.25, 0.3) is 0 Å². The van der Waals surface area contributed by atoms with Gasteiger partial charge in [0.2, 0.25) is 0 Å². The van der Waals surface area contributed by atoms with Gasteiger partial charge in [0, 0.05) is 50.3 Å². The average Bonchev–Trinajstić information content (AvgIpc) is 3.17. The third-order valence-corrected chi connectivity index (χ3v) is 6.35. The first-order chi connectivity index (χ1) is 15.5. The van der Waals surface area contributed by atoms with Gasteiger partial charge in [0.1, 0.15) is 12.8 Å². The Morgan fingerprint density at radius 1 is 1.31 bits per heavy atom. The Kier molecular flexibility index (Phi) is 9.04. The summed E-state index contributed by atoms with van der Waals surface area (Å²) in [4.78, 5) is 16.2. The number of hydrogen-bond acceptors (Lipinski definition) is 6. The first kappa shape index (κ1) is 24.2. The van der Waals surface area contributed by atoms with Crippen LogP contribution in [-0.4, -0.2) is 59.8 Å². The molecule has 6 heteroatoms. The second kappa shape index (κ2) is 12.0. The summed E-state index contributed by atoms with van der Waals surface area (Å²) >= 11 is 0. The van der Waals surface area contributed by atoms with Gasteiger partial charge in [-0.1, -0.05) is 37.6 Å². The Morgan fingerprint density at radius 3 is 2.78 bits per heavy atom. The molecule has 0 spiro atoms. The van der Waals surface area contributed by atoms with Gasteiger partial charge >= 0.3 is 5.97 Å². The summed E-state index contributed by atoms with van der Waals surface area (Å²) < 4.78 is 5.07. The van der Waals surface area contributed by atoms with Gasteiger partial charge in [0.25, 0.3) is 0 Å². The highest BCUT2D eigenvalue weighted by Gasteiger charge is 2.25. The lowest BCUT2D eigenvalue weighted by atomic mass is 9.97. The molecule has 1 aromatic rings. The molecule has 1 fully saturated rings. The van der Waals surface area contributed by atoms with Crippen molar-refractivity contribution in [1.29, 1.82) is 5.26 Å². The van der Waals surface area contributed by atoms with Gasteiger partial charge in [-0.3, -0.25) is 4.90 Å². The molecule has 0 aromatic heterocycles. The SMILES string of the molecule is C/C=C\C(C#N)=C/CC(CCC)CN1CCN(C(O)Cc2ccc3c(c2)COC3=O)CC1. The summed E-state index contributed by atoms with van der Waals surface area (Å²) in [5.74, 6) is 0.284. The monoisotopic (exact) mass is 437 g/mol. The van der Waals surface area contributed by atoms with E-state index in [4.69, 9.17) is 4.74 Å². The molecule has 172 valence electrons. The fourth-order valence-electron chi connectivity index (χ4n) is 4.58. The molecule has 6 nitrogen and oxygen atoms in total. The quantitative estimate of drug-likeness (QED) is 0.342. The summed E-state index contributed by atoms with van der Waals surface area (Å²) in [6.45, 7) is 9.05. The molecule has 0 amide bonds. The molecule has 2 unspecified atom stereocenters. The second-order valence-electron chi connectivity index (χ2n) is 8.75. The number of carbonyl (C=O) groups excluding carboxylic acids is 1. The smallest absolute Gasteiger partial charge is 0.338 e. The van der Waals surface area contributed by atoms with Crippen LogP contribution in [0.3, 0.4) is 0 Å². The van der Waals surface area contributed by atoms with Gasteiger partial charge in [-0.2, -0.15) is 5.26 Å². The topological polar surface area (TPSA) is 76.8 Å². The molecule has 0 aliphatic carbocycles. The Balaban J connectivity index is 1.48. The minimum atomic E-state index is -0.526. The highest BCUT2D eigenvalue weighted by Crippen LogP contribution is 2.22. The van der Waals surface area contributed by atoms with Gasteiger partial charge in [-0.15, -0.1) is 0 Å². The largest absolute Gasteiger partial charge is 0.457 e. The first-order valence-electron chi connectivity index (χ1n) is 11.7. The van der Waals surface area contributed by atoms with Crippen LogP contribution in [-0.2, 0) is 17.8 Å². The van der Waals surface area contributed by atoms with Gasteiger partial charge < -0.3 is 14.7 Å². The van der Waals surface area contributed by atoms with E-state index in [9.17, 15) is 15.2 Å². The Hall–Kier alpha value is -2.46. The number of aliphatic hydroxyl groups is 1. The molecule has 1 aromatic carbocycles. The van der Waals surface area contributed by atoms with Crippen LogP contribution in [0.1, 0.15) is 54.6 Å². The van der Waals surface area contributed by atoms with Crippen molar-refractivity contribution in [3.8, 4) is 6.07 Å². The highest BCUT2D eigenvalue weighted by molar-refractivity contribution is 5.93. The molecule has 2 aliphatic rings. The van der Waals surface area contributed by atoms with Crippen LogP contribution in [0.2, 0.25) is 0 Å². The predicted octanol–water partition coefficient (Wildman–Crippen LogP) is 3.67. The van der Waals surface area contributed by atoms with Crippen molar-refractivity contribution < 1.29 is 14.6 Å². The fourth-order valence-corrected chi connectivity index (χ4v) is 4.58. The number of allylic oxidation sites excluding steroid dienone is 4. The van der Waals surface area contributed by atoms with E-state index < -0.39 is 6.23 Å². The van der Waals surface area contributed by atoms with Gasteiger partial charge in [0.05, 0.1) is 11.6 Å². The van der Waals surface area contributed by atoms with Crippen molar-refractivity contribution in [2.45, 2.75) is 52.4 Å². The molecule has 32 heavy (non-hydrogen) atoms. The lowest BCUT2D eigenvalue weighted by Crippen LogP contribution is -2.51. The van der Waals surface area contributed by atoms with Crippen LogP contribution < -0.4 is 0 Å². The van der Waals surface area contributed by atoms with Crippen LogP contribution in [0.5, 0.6) is 0 Å². The summed E-state index contributed by atoms with van der Waals surface area (Å²) in [7, 11) is 0. The number of carbonyl (C=O) groups is 1. The van der Waals surface area contributed by atoms with Crippen LogP contribution in [0.15, 0.2) is 42.0 Å². The molecule has 0 radical (unpaired) electrons. The number of cyclic esters (lactones) is 1. The number of rotatable bonds is 10. The van der Waals surface area contributed by atoms with E-state index in [0.717, 1.165) is 68.7 Å². The lowest BCUT2D eigenvalue weighted by Gasteiger charge is -2.38. The number of ether oxygens (including phenoxy) is 1. The first-order valence-corrected chi connectivity index (χ1v) is 11.7. The van der Waals surface area contributed by atoms with E-state index >= 15 is 0 Å². The summed E-state index contributed by atoms with van der Waals surface area (Å²) in [6, 6.07) is 7.96. The maximum atomic E-state index is 11.6. The maximum Gasteiger partial charge on any atom is 0.338 e. The molecular weight excluding hydrogens is 402 g/mol. The van der Waals surface area contributed by atoms with Gasteiger partial charge in [0.15, 0.2) is 0 Å². The average molecular weight is 438 g/mol. The molecule has 1 N–H and O–H groups in total. The Labute approximate surface area is 191 Å². The molecule has 2 aliphatic heterocycles. The normalized spacial score (nSPS) is 19.6. The van der Waals surface area contributed by atoms with Gasteiger partial charge in [-0.05, 0) is 43.4 Å². The molecule has 0 bridgehead atoms. The molecule has 1 saturated heterocycles. The van der Waals surface area contributed by atoms with Crippen molar-refractivity contribution >= 4 is 5.97 Å². The molecule has 3 rings (SSSR count). The predicted molar refractivity (Wildman–Crippen MR) is 125 cm³/mol.